The standard InChI is InChI=1S/C11H20O3/c1-11(2)13-8-10(14-11)6-4-3-5-9-7-12-9/h9-10H,3-8H2,1-2H3. The molecule has 0 bridgehead atoms. The van der Waals surface area contributed by atoms with Crippen LogP contribution in [-0.4, -0.2) is 31.2 Å². The van der Waals surface area contributed by atoms with Crippen LogP contribution in [0, 0.1) is 0 Å². The molecule has 2 rings (SSSR count). The first kappa shape index (κ1) is 10.4. The molecule has 14 heavy (non-hydrogen) atoms. The lowest BCUT2D eigenvalue weighted by molar-refractivity contribution is -0.139. The molecule has 0 saturated carbocycles. The van der Waals surface area contributed by atoms with Crippen molar-refractivity contribution in [1.29, 1.82) is 0 Å². The van der Waals surface area contributed by atoms with Gasteiger partial charge in [0.1, 0.15) is 0 Å². The van der Waals surface area contributed by atoms with E-state index in [1.165, 1.54) is 19.3 Å². The van der Waals surface area contributed by atoms with Crippen LogP contribution in [0.2, 0.25) is 0 Å². The quantitative estimate of drug-likeness (QED) is 0.503. The number of rotatable bonds is 5. The molecule has 82 valence electrons. The Morgan fingerprint density at radius 3 is 2.21 bits per heavy atom. The number of unbranched alkanes of at least 4 members (excludes halogenated alkanes) is 1. The van der Waals surface area contributed by atoms with Gasteiger partial charge in [0.05, 0.1) is 25.4 Å². The van der Waals surface area contributed by atoms with Crippen LogP contribution in [0.1, 0.15) is 39.5 Å². The van der Waals surface area contributed by atoms with Crippen LogP contribution in [-0.2, 0) is 14.2 Å². The van der Waals surface area contributed by atoms with Crippen LogP contribution in [0.3, 0.4) is 0 Å². The highest BCUT2D eigenvalue weighted by Crippen LogP contribution is 2.26. The average Bonchev–Trinajstić information content (AvgIpc) is 2.86. The smallest absolute Gasteiger partial charge is 0.163 e. The van der Waals surface area contributed by atoms with E-state index in [1.807, 2.05) is 13.8 Å². The van der Waals surface area contributed by atoms with Crippen LogP contribution in [0.5, 0.6) is 0 Å². The first-order chi connectivity index (χ1) is 6.66. The van der Waals surface area contributed by atoms with Gasteiger partial charge in [0.25, 0.3) is 0 Å². The predicted octanol–water partition coefficient (Wildman–Crippen LogP) is 2.10. The molecule has 0 aliphatic carbocycles. The van der Waals surface area contributed by atoms with Crippen molar-refractivity contribution in [3.05, 3.63) is 0 Å². The molecule has 2 saturated heterocycles. The lowest BCUT2D eigenvalue weighted by Gasteiger charge is -2.16. The van der Waals surface area contributed by atoms with Gasteiger partial charge >= 0.3 is 0 Å². The van der Waals surface area contributed by atoms with Gasteiger partial charge in [-0.05, 0) is 26.7 Å². The van der Waals surface area contributed by atoms with Crippen molar-refractivity contribution < 1.29 is 14.2 Å². The Bertz CT molecular complexity index is 187. The highest BCUT2D eigenvalue weighted by atomic mass is 16.7. The van der Waals surface area contributed by atoms with E-state index < -0.39 is 0 Å². The zero-order valence-corrected chi connectivity index (χ0v) is 9.12. The highest BCUT2D eigenvalue weighted by Gasteiger charge is 2.32. The fraction of sp³-hybridized carbons (Fsp3) is 1.00. The van der Waals surface area contributed by atoms with Gasteiger partial charge in [-0.15, -0.1) is 0 Å². The summed E-state index contributed by atoms with van der Waals surface area (Å²) in [6, 6.07) is 0. The van der Waals surface area contributed by atoms with E-state index in [9.17, 15) is 0 Å². The summed E-state index contributed by atoms with van der Waals surface area (Å²) >= 11 is 0. The third-order valence-corrected chi connectivity index (χ3v) is 2.77. The largest absolute Gasteiger partial charge is 0.373 e. The zero-order chi connectivity index (χ0) is 10.0. The van der Waals surface area contributed by atoms with E-state index in [1.54, 1.807) is 0 Å². The SMILES string of the molecule is CC1(C)OCC(CCCCC2CO2)O1. The maximum Gasteiger partial charge on any atom is 0.163 e. The van der Waals surface area contributed by atoms with Gasteiger partial charge in [0.15, 0.2) is 5.79 Å². The maximum atomic E-state index is 5.72. The van der Waals surface area contributed by atoms with Crippen molar-refractivity contribution >= 4 is 0 Å². The number of ether oxygens (including phenoxy) is 3. The summed E-state index contributed by atoms with van der Waals surface area (Å²) in [5, 5.41) is 0. The Labute approximate surface area is 85.7 Å². The summed E-state index contributed by atoms with van der Waals surface area (Å²) < 4.78 is 16.4. The van der Waals surface area contributed by atoms with Crippen LogP contribution < -0.4 is 0 Å². The lowest BCUT2D eigenvalue weighted by atomic mass is 10.1. The topological polar surface area (TPSA) is 31.0 Å². The molecule has 3 heteroatoms. The van der Waals surface area contributed by atoms with Gasteiger partial charge in [-0.2, -0.15) is 0 Å². The lowest BCUT2D eigenvalue weighted by Crippen LogP contribution is -2.21. The minimum absolute atomic E-state index is 0.310. The zero-order valence-electron chi connectivity index (χ0n) is 9.12. The molecule has 0 aromatic carbocycles. The van der Waals surface area contributed by atoms with Crippen molar-refractivity contribution in [2.24, 2.45) is 0 Å². The van der Waals surface area contributed by atoms with Gasteiger partial charge in [-0.25, -0.2) is 0 Å². The van der Waals surface area contributed by atoms with Crippen molar-refractivity contribution in [1.82, 2.24) is 0 Å². The summed E-state index contributed by atoms with van der Waals surface area (Å²) in [5.74, 6) is -0.357. The summed E-state index contributed by atoms with van der Waals surface area (Å²) in [5.41, 5.74) is 0. The Hall–Kier alpha value is -0.120. The highest BCUT2D eigenvalue weighted by molar-refractivity contribution is 4.72. The van der Waals surface area contributed by atoms with E-state index in [4.69, 9.17) is 14.2 Å². The molecular weight excluding hydrogens is 180 g/mol. The van der Waals surface area contributed by atoms with Gasteiger partial charge in [-0.3, -0.25) is 0 Å². The van der Waals surface area contributed by atoms with Crippen molar-refractivity contribution in [3.8, 4) is 0 Å². The molecule has 2 heterocycles. The second kappa shape index (κ2) is 4.17. The van der Waals surface area contributed by atoms with Crippen molar-refractivity contribution in [2.45, 2.75) is 57.5 Å². The molecule has 0 aromatic rings. The molecule has 3 nitrogen and oxygen atoms in total. The van der Waals surface area contributed by atoms with E-state index in [2.05, 4.69) is 0 Å². The van der Waals surface area contributed by atoms with Gasteiger partial charge in [0, 0.05) is 0 Å². The van der Waals surface area contributed by atoms with E-state index >= 15 is 0 Å². The minimum atomic E-state index is -0.357. The maximum absolute atomic E-state index is 5.72. The molecule has 0 spiro atoms. The van der Waals surface area contributed by atoms with Gasteiger partial charge in [-0.1, -0.05) is 12.8 Å². The van der Waals surface area contributed by atoms with Crippen LogP contribution >= 0.6 is 0 Å². The summed E-state index contributed by atoms with van der Waals surface area (Å²) in [6.45, 7) is 5.69. The Morgan fingerprint density at radius 1 is 1.07 bits per heavy atom. The van der Waals surface area contributed by atoms with Crippen LogP contribution in [0.15, 0.2) is 0 Å². The average molecular weight is 200 g/mol. The third kappa shape index (κ3) is 3.23. The molecule has 2 unspecified atom stereocenters. The Morgan fingerprint density at radius 2 is 1.71 bits per heavy atom. The monoisotopic (exact) mass is 200 g/mol. The van der Waals surface area contributed by atoms with E-state index in [-0.39, 0.29) is 5.79 Å². The number of epoxide rings is 1. The Kier molecular flexibility index (Phi) is 3.10. The molecule has 0 amide bonds. The predicted molar refractivity (Wildman–Crippen MR) is 53.1 cm³/mol. The van der Waals surface area contributed by atoms with Crippen molar-refractivity contribution in [2.75, 3.05) is 13.2 Å². The second-order valence-corrected chi connectivity index (χ2v) is 4.69. The normalized spacial score (nSPS) is 34.7. The van der Waals surface area contributed by atoms with Crippen LogP contribution in [0.25, 0.3) is 0 Å². The number of hydrogen-bond acceptors (Lipinski definition) is 3. The molecule has 0 radical (unpaired) electrons. The number of hydrogen-bond donors (Lipinski definition) is 0. The van der Waals surface area contributed by atoms with Gasteiger partial charge in [0.2, 0.25) is 0 Å². The summed E-state index contributed by atoms with van der Waals surface area (Å²) in [4.78, 5) is 0. The summed E-state index contributed by atoms with van der Waals surface area (Å²) in [7, 11) is 0. The molecule has 2 aliphatic heterocycles. The van der Waals surface area contributed by atoms with Crippen LogP contribution in [0.4, 0.5) is 0 Å². The minimum Gasteiger partial charge on any atom is -0.373 e. The fourth-order valence-corrected chi connectivity index (χ4v) is 1.88. The molecule has 0 aromatic heterocycles. The van der Waals surface area contributed by atoms with E-state index in [0.717, 1.165) is 19.6 Å². The third-order valence-electron chi connectivity index (χ3n) is 2.77. The molecule has 2 atom stereocenters. The molecular formula is C11H20O3. The molecule has 2 fully saturated rings. The Balaban J connectivity index is 1.52. The van der Waals surface area contributed by atoms with E-state index in [0.29, 0.717) is 12.2 Å². The first-order valence-corrected chi connectivity index (χ1v) is 5.59. The fourth-order valence-electron chi connectivity index (χ4n) is 1.88. The first-order valence-electron chi connectivity index (χ1n) is 5.59. The van der Waals surface area contributed by atoms with Crippen molar-refractivity contribution in [3.63, 3.8) is 0 Å². The molecule has 2 aliphatic rings. The molecule has 0 N–H and O–H groups in total. The second-order valence-electron chi connectivity index (χ2n) is 4.69. The van der Waals surface area contributed by atoms with Gasteiger partial charge < -0.3 is 14.2 Å². The summed E-state index contributed by atoms with van der Waals surface area (Å²) in [6.07, 6.45) is 5.71.